The number of carbonyl (C=O) groups excluding carboxylic acids is 1. The second-order valence-corrected chi connectivity index (χ2v) is 6.21. The van der Waals surface area contributed by atoms with Crippen molar-refractivity contribution in [1.82, 2.24) is 4.90 Å². The Morgan fingerprint density at radius 3 is 2.50 bits per heavy atom. The Morgan fingerprint density at radius 2 is 1.86 bits per heavy atom. The molecule has 8 nitrogen and oxygen atoms in total. The first-order valence-electron chi connectivity index (χ1n) is 8.95. The third kappa shape index (κ3) is 5.68. The molecule has 0 saturated carbocycles. The SMILES string of the molecule is CCCN(CC(=O)Nc1ccccc1OC)Cc1cc([N+](=O)[O-])ccc1OC. The molecule has 1 amide bonds. The van der Waals surface area contributed by atoms with E-state index in [4.69, 9.17) is 9.47 Å². The van der Waals surface area contributed by atoms with Crippen LogP contribution in [0.25, 0.3) is 0 Å². The molecule has 0 fully saturated rings. The number of nitro groups is 1. The highest BCUT2D eigenvalue weighted by molar-refractivity contribution is 5.93. The van der Waals surface area contributed by atoms with Gasteiger partial charge in [0, 0.05) is 24.2 Å². The van der Waals surface area contributed by atoms with Gasteiger partial charge in [-0.25, -0.2) is 0 Å². The Kier molecular flexibility index (Phi) is 7.76. The molecule has 0 aromatic heterocycles. The van der Waals surface area contributed by atoms with Gasteiger partial charge in [-0.2, -0.15) is 0 Å². The number of nitrogens with zero attached hydrogens (tertiary/aromatic N) is 2. The van der Waals surface area contributed by atoms with Crippen LogP contribution in [-0.4, -0.2) is 43.0 Å². The lowest BCUT2D eigenvalue weighted by molar-refractivity contribution is -0.384. The number of non-ortho nitro benzene ring substituents is 1. The third-order valence-electron chi connectivity index (χ3n) is 4.16. The summed E-state index contributed by atoms with van der Waals surface area (Å²) in [5, 5.41) is 13.9. The molecule has 0 spiro atoms. The fraction of sp³-hybridized carbons (Fsp3) is 0.350. The normalized spacial score (nSPS) is 10.6. The van der Waals surface area contributed by atoms with Crippen molar-refractivity contribution in [3.05, 3.63) is 58.1 Å². The van der Waals surface area contributed by atoms with Gasteiger partial charge >= 0.3 is 0 Å². The number of anilines is 1. The summed E-state index contributed by atoms with van der Waals surface area (Å²) >= 11 is 0. The number of ether oxygens (including phenoxy) is 2. The second kappa shape index (κ2) is 10.3. The zero-order valence-corrected chi connectivity index (χ0v) is 16.3. The maximum atomic E-state index is 12.5. The summed E-state index contributed by atoms with van der Waals surface area (Å²) in [5.74, 6) is 0.942. The minimum absolute atomic E-state index is 0.00859. The Bertz CT molecular complexity index is 825. The van der Waals surface area contributed by atoms with E-state index in [0.29, 0.717) is 35.8 Å². The molecule has 8 heteroatoms. The first-order valence-corrected chi connectivity index (χ1v) is 8.95. The van der Waals surface area contributed by atoms with Gasteiger partial charge in [0.25, 0.3) is 5.69 Å². The molecule has 0 atom stereocenters. The average Bonchev–Trinajstić information content (AvgIpc) is 2.68. The molecule has 0 aliphatic heterocycles. The van der Waals surface area contributed by atoms with Crippen LogP contribution in [-0.2, 0) is 11.3 Å². The summed E-state index contributed by atoms with van der Waals surface area (Å²) in [4.78, 5) is 25.1. The zero-order valence-electron chi connectivity index (χ0n) is 16.3. The van der Waals surface area contributed by atoms with E-state index < -0.39 is 4.92 Å². The lowest BCUT2D eigenvalue weighted by atomic mass is 10.1. The van der Waals surface area contributed by atoms with Gasteiger partial charge in [-0.05, 0) is 31.2 Å². The van der Waals surface area contributed by atoms with Gasteiger partial charge < -0.3 is 14.8 Å². The van der Waals surface area contributed by atoms with Crippen LogP contribution >= 0.6 is 0 Å². The number of para-hydroxylation sites is 2. The number of hydrogen-bond acceptors (Lipinski definition) is 6. The van der Waals surface area contributed by atoms with Crippen molar-refractivity contribution in [1.29, 1.82) is 0 Å². The summed E-state index contributed by atoms with van der Waals surface area (Å²) < 4.78 is 10.6. The number of hydrogen-bond donors (Lipinski definition) is 1. The zero-order chi connectivity index (χ0) is 20.5. The van der Waals surface area contributed by atoms with Crippen LogP contribution in [0.1, 0.15) is 18.9 Å². The largest absolute Gasteiger partial charge is 0.496 e. The topological polar surface area (TPSA) is 93.9 Å². The number of methoxy groups -OCH3 is 2. The number of nitro benzene ring substituents is 1. The molecule has 0 radical (unpaired) electrons. The molecule has 0 bridgehead atoms. The molecular weight excluding hydrogens is 362 g/mol. The van der Waals surface area contributed by atoms with Crippen LogP contribution in [0.5, 0.6) is 11.5 Å². The van der Waals surface area contributed by atoms with Gasteiger partial charge in [0.05, 0.1) is 31.4 Å². The van der Waals surface area contributed by atoms with Crippen LogP contribution in [0.3, 0.4) is 0 Å². The molecule has 150 valence electrons. The van der Waals surface area contributed by atoms with E-state index in [9.17, 15) is 14.9 Å². The van der Waals surface area contributed by atoms with Gasteiger partial charge in [-0.1, -0.05) is 19.1 Å². The van der Waals surface area contributed by atoms with Crippen molar-refractivity contribution >= 4 is 17.3 Å². The molecule has 1 N–H and O–H groups in total. The van der Waals surface area contributed by atoms with Crippen molar-refractivity contribution in [2.75, 3.05) is 32.6 Å². The molecule has 0 unspecified atom stereocenters. The lowest BCUT2D eigenvalue weighted by Crippen LogP contribution is -2.33. The van der Waals surface area contributed by atoms with Gasteiger partial charge in [0.15, 0.2) is 0 Å². The molecular formula is C20H25N3O5. The predicted molar refractivity (Wildman–Crippen MR) is 107 cm³/mol. The van der Waals surface area contributed by atoms with Crippen molar-refractivity contribution < 1.29 is 19.2 Å². The molecule has 28 heavy (non-hydrogen) atoms. The summed E-state index contributed by atoms with van der Waals surface area (Å²) in [5.41, 5.74) is 1.25. The Balaban J connectivity index is 2.14. The molecule has 0 heterocycles. The first-order chi connectivity index (χ1) is 13.5. The monoisotopic (exact) mass is 387 g/mol. The van der Waals surface area contributed by atoms with Crippen molar-refractivity contribution in [2.24, 2.45) is 0 Å². The molecule has 0 aliphatic rings. The highest BCUT2D eigenvalue weighted by atomic mass is 16.6. The standard InChI is InChI=1S/C20H25N3O5/c1-4-11-22(13-15-12-16(23(25)26)9-10-18(15)27-2)14-20(24)21-17-7-5-6-8-19(17)28-3/h5-10,12H,4,11,13-14H2,1-3H3,(H,21,24). The molecule has 0 aliphatic carbocycles. The second-order valence-electron chi connectivity index (χ2n) is 6.21. The number of rotatable bonds is 10. The molecule has 2 aromatic carbocycles. The fourth-order valence-corrected chi connectivity index (χ4v) is 2.91. The van der Waals surface area contributed by atoms with E-state index in [1.807, 2.05) is 24.0 Å². The van der Waals surface area contributed by atoms with E-state index in [0.717, 1.165) is 6.42 Å². The summed E-state index contributed by atoms with van der Waals surface area (Å²) in [7, 11) is 3.06. The van der Waals surface area contributed by atoms with Crippen LogP contribution in [0.15, 0.2) is 42.5 Å². The van der Waals surface area contributed by atoms with Gasteiger partial charge in [0.2, 0.25) is 5.91 Å². The number of carbonyl (C=O) groups is 1. The minimum atomic E-state index is -0.443. The smallest absolute Gasteiger partial charge is 0.270 e. The van der Waals surface area contributed by atoms with Crippen molar-refractivity contribution in [3.8, 4) is 11.5 Å². The Labute approximate surface area is 164 Å². The number of amides is 1. The quantitative estimate of drug-likeness (QED) is 0.496. The van der Waals surface area contributed by atoms with Gasteiger partial charge in [-0.15, -0.1) is 0 Å². The predicted octanol–water partition coefficient (Wildman–Crippen LogP) is 3.46. The third-order valence-corrected chi connectivity index (χ3v) is 4.16. The van der Waals surface area contributed by atoms with Gasteiger partial charge in [-0.3, -0.25) is 19.8 Å². The van der Waals surface area contributed by atoms with E-state index in [-0.39, 0.29) is 18.1 Å². The lowest BCUT2D eigenvalue weighted by Gasteiger charge is -2.22. The van der Waals surface area contributed by atoms with E-state index >= 15 is 0 Å². The van der Waals surface area contributed by atoms with Crippen LogP contribution in [0.4, 0.5) is 11.4 Å². The average molecular weight is 387 g/mol. The summed E-state index contributed by atoms with van der Waals surface area (Å²) in [6, 6.07) is 11.6. The summed E-state index contributed by atoms with van der Waals surface area (Å²) in [6.07, 6.45) is 0.833. The number of benzene rings is 2. The molecule has 0 saturated heterocycles. The van der Waals surface area contributed by atoms with Crippen molar-refractivity contribution in [3.63, 3.8) is 0 Å². The maximum Gasteiger partial charge on any atom is 0.270 e. The Hall–Kier alpha value is -3.13. The maximum absolute atomic E-state index is 12.5. The highest BCUT2D eigenvalue weighted by Gasteiger charge is 2.17. The van der Waals surface area contributed by atoms with Gasteiger partial charge in [0.1, 0.15) is 11.5 Å². The van der Waals surface area contributed by atoms with Crippen molar-refractivity contribution in [2.45, 2.75) is 19.9 Å². The minimum Gasteiger partial charge on any atom is -0.496 e. The molecule has 2 rings (SSSR count). The number of nitrogens with one attached hydrogen (secondary N) is 1. The van der Waals surface area contributed by atoms with E-state index in [2.05, 4.69) is 5.32 Å². The summed E-state index contributed by atoms with van der Waals surface area (Å²) in [6.45, 7) is 3.16. The molecule has 2 aromatic rings. The van der Waals surface area contributed by atoms with Crippen LogP contribution in [0.2, 0.25) is 0 Å². The van der Waals surface area contributed by atoms with E-state index in [1.54, 1.807) is 25.3 Å². The fourth-order valence-electron chi connectivity index (χ4n) is 2.91. The van der Waals surface area contributed by atoms with Crippen LogP contribution < -0.4 is 14.8 Å². The Morgan fingerprint density at radius 1 is 1.14 bits per heavy atom. The van der Waals surface area contributed by atoms with Crippen LogP contribution in [0, 0.1) is 10.1 Å². The highest BCUT2D eigenvalue weighted by Crippen LogP contribution is 2.26. The van der Waals surface area contributed by atoms with E-state index in [1.165, 1.54) is 19.2 Å². The first kappa shape index (κ1) is 21.2.